The van der Waals surface area contributed by atoms with Crippen LogP contribution in [0.2, 0.25) is 0 Å². The second kappa shape index (κ2) is 11.2. The molecule has 1 aliphatic carbocycles. The number of aromatic nitrogens is 1. The summed E-state index contributed by atoms with van der Waals surface area (Å²) in [4.78, 5) is 14.5. The van der Waals surface area contributed by atoms with E-state index in [0.29, 0.717) is 31.1 Å². The lowest BCUT2D eigenvalue weighted by Crippen LogP contribution is -2.41. The van der Waals surface area contributed by atoms with E-state index in [4.69, 9.17) is 26.4 Å². The average molecular weight is 503 g/mol. The zero-order chi connectivity index (χ0) is 23.5. The summed E-state index contributed by atoms with van der Waals surface area (Å²) in [5.74, 6) is 3.03. The number of piperidine rings is 1. The first-order valence-corrected chi connectivity index (χ1v) is 14.2. The molecule has 0 amide bonds. The van der Waals surface area contributed by atoms with Crippen LogP contribution in [-0.4, -0.2) is 66.7 Å². The van der Waals surface area contributed by atoms with E-state index in [1.807, 2.05) is 17.6 Å². The Morgan fingerprint density at radius 2 is 1.85 bits per heavy atom. The molecule has 0 N–H and O–H groups in total. The highest BCUT2D eigenvalue weighted by Crippen LogP contribution is 2.46. The molecule has 8 heteroatoms. The molecule has 0 spiro atoms. The summed E-state index contributed by atoms with van der Waals surface area (Å²) in [7, 11) is 4.47. The lowest BCUT2D eigenvalue weighted by molar-refractivity contribution is 0.0562. The van der Waals surface area contributed by atoms with Gasteiger partial charge >= 0.3 is 0 Å². The fraction of sp³-hybridized carbons (Fsp3) is 0.692. The molecule has 6 nitrogen and oxygen atoms in total. The minimum Gasteiger partial charge on any atom is -0.445 e. The Morgan fingerprint density at radius 1 is 1.09 bits per heavy atom. The van der Waals surface area contributed by atoms with Crippen molar-refractivity contribution in [3.05, 3.63) is 34.5 Å². The summed E-state index contributed by atoms with van der Waals surface area (Å²) < 4.78 is 11.7. The van der Waals surface area contributed by atoms with Crippen molar-refractivity contribution >= 4 is 34.4 Å². The molecule has 4 heterocycles. The third-order valence-corrected chi connectivity index (χ3v) is 9.19. The van der Waals surface area contributed by atoms with Crippen LogP contribution in [0.15, 0.2) is 28.2 Å². The van der Waals surface area contributed by atoms with Crippen LogP contribution in [0.4, 0.5) is 5.82 Å². The molecule has 2 aliphatic heterocycles. The van der Waals surface area contributed by atoms with Crippen molar-refractivity contribution < 1.29 is 9.15 Å². The van der Waals surface area contributed by atoms with Gasteiger partial charge in [-0.25, -0.2) is 0 Å². The van der Waals surface area contributed by atoms with Crippen molar-refractivity contribution in [2.75, 3.05) is 51.8 Å². The molecule has 3 fully saturated rings. The van der Waals surface area contributed by atoms with Crippen molar-refractivity contribution in [3.63, 3.8) is 0 Å². The Labute approximate surface area is 213 Å². The topological polar surface area (TPSA) is 45.0 Å². The van der Waals surface area contributed by atoms with Gasteiger partial charge in [0.05, 0.1) is 19.3 Å². The van der Waals surface area contributed by atoms with Crippen molar-refractivity contribution in [1.29, 1.82) is 0 Å². The molecule has 5 rings (SSSR count). The summed E-state index contributed by atoms with van der Waals surface area (Å²) in [6.07, 6.45) is 10.7. The van der Waals surface area contributed by atoms with Crippen molar-refractivity contribution in [2.24, 2.45) is 11.8 Å². The van der Waals surface area contributed by atoms with E-state index in [1.165, 1.54) is 49.8 Å². The Morgan fingerprint density at radius 3 is 2.53 bits per heavy atom. The normalized spacial score (nSPS) is 26.7. The molecule has 186 valence electrons. The van der Waals surface area contributed by atoms with Crippen molar-refractivity contribution in [3.8, 4) is 0 Å². The first-order valence-electron chi connectivity index (χ1n) is 12.9. The maximum absolute atomic E-state index is 6.20. The molecule has 3 aliphatic rings. The van der Waals surface area contributed by atoms with Crippen LogP contribution in [0.3, 0.4) is 0 Å². The van der Waals surface area contributed by atoms with Gasteiger partial charge < -0.3 is 19.0 Å². The first kappa shape index (κ1) is 24.4. The summed E-state index contributed by atoms with van der Waals surface area (Å²) in [5, 5.41) is 2.21. The number of morpholine rings is 1. The highest BCUT2D eigenvalue weighted by Gasteiger charge is 2.39. The van der Waals surface area contributed by atoms with Gasteiger partial charge in [0.25, 0.3) is 0 Å². The molecule has 2 unspecified atom stereocenters. The highest BCUT2D eigenvalue weighted by atomic mass is 32.1. The second-order valence-corrected chi connectivity index (χ2v) is 11.7. The quantitative estimate of drug-likeness (QED) is 0.461. The molecule has 2 saturated heterocycles. The Bertz CT molecular complexity index is 917. The van der Waals surface area contributed by atoms with Gasteiger partial charge in [-0.05, 0) is 89.0 Å². The fourth-order valence-corrected chi connectivity index (χ4v) is 7.58. The van der Waals surface area contributed by atoms with Crippen molar-refractivity contribution in [2.45, 2.75) is 57.0 Å². The van der Waals surface area contributed by atoms with Crippen LogP contribution < -0.4 is 4.90 Å². The van der Waals surface area contributed by atoms with Gasteiger partial charge in [-0.15, -0.1) is 11.3 Å². The third-order valence-electron chi connectivity index (χ3n) is 7.91. The zero-order valence-electron chi connectivity index (χ0n) is 20.5. The minimum absolute atomic E-state index is 0.268. The smallest absolute Gasteiger partial charge is 0.213 e. The zero-order valence-corrected chi connectivity index (χ0v) is 22.2. The monoisotopic (exact) mass is 502 g/mol. The van der Waals surface area contributed by atoms with Crippen LogP contribution in [0.5, 0.6) is 0 Å². The molecular weight excluding hydrogens is 464 g/mol. The van der Waals surface area contributed by atoms with Gasteiger partial charge in [0, 0.05) is 17.5 Å². The van der Waals surface area contributed by atoms with Crippen LogP contribution in [0.25, 0.3) is 0 Å². The first-order chi connectivity index (χ1) is 16.6. The number of thiocarbonyl (C=S) groups is 1. The molecule has 1 saturated carbocycles. The predicted octanol–water partition coefficient (Wildman–Crippen LogP) is 5.54. The number of rotatable bonds is 7. The summed E-state index contributed by atoms with van der Waals surface area (Å²) in [6.45, 7) is 4.22. The van der Waals surface area contributed by atoms with Crippen LogP contribution in [-0.2, 0) is 4.74 Å². The average Bonchev–Trinajstić information content (AvgIpc) is 3.54. The number of ether oxygens (including phenoxy) is 1. The van der Waals surface area contributed by atoms with E-state index in [-0.39, 0.29) is 6.04 Å². The molecule has 0 bridgehead atoms. The molecule has 0 aromatic carbocycles. The number of hydrogen-bond acceptors (Lipinski definition) is 7. The van der Waals surface area contributed by atoms with Crippen molar-refractivity contribution in [1.82, 2.24) is 14.8 Å². The maximum atomic E-state index is 6.20. The molecule has 0 radical (unpaired) electrons. The van der Waals surface area contributed by atoms with Gasteiger partial charge in [0.1, 0.15) is 11.3 Å². The van der Waals surface area contributed by atoms with E-state index < -0.39 is 0 Å². The SMILES string of the molecule is CN(C)C(c1cccs1)C1CCC(C(c2nc(N3CCOCC3=S)co2)N2CCCCC2)CC1. The molecule has 2 aromatic rings. The van der Waals surface area contributed by atoms with Crippen LogP contribution in [0, 0.1) is 11.8 Å². The number of thiophene rings is 1. The van der Waals surface area contributed by atoms with Gasteiger partial charge in [-0.2, -0.15) is 4.98 Å². The summed E-state index contributed by atoms with van der Waals surface area (Å²) >= 11 is 7.43. The van der Waals surface area contributed by atoms with Gasteiger partial charge in [-0.1, -0.05) is 24.7 Å². The molecule has 2 atom stereocenters. The van der Waals surface area contributed by atoms with E-state index >= 15 is 0 Å². The minimum atomic E-state index is 0.268. The summed E-state index contributed by atoms with van der Waals surface area (Å²) in [6, 6.07) is 5.28. The standard InChI is InChI=1S/C26H38N4O2S2/c1-28(2)24(21-7-6-16-34-21)19-8-10-20(11-9-19)25(29-12-4-3-5-13-29)26-27-22(17-32-26)30-14-15-31-18-23(30)33/h6-7,16-17,19-20,24-25H,3-5,8-15,18H2,1-2H3. The van der Waals surface area contributed by atoms with Gasteiger partial charge in [0.2, 0.25) is 5.89 Å². The van der Waals surface area contributed by atoms with Gasteiger partial charge in [-0.3, -0.25) is 4.90 Å². The Hall–Kier alpha value is -1.32. The van der Waals surface area contributed by atoms with E-state index in [2.05, 4.69) is 46.3 Å². The summed E-state index contributed by atoms with van der Waals surface area (Å²) in [5.41, 5.74) is 0. The van der Waals surface area contributed by atoms with Crippen LogP contribution >= 0.6 is 23.6 Å². The highest BCUT2D eigenvalue weighted by molar-refractivity contribution is 7.80. The number of oxazole rings is 1. The molecular formula is C26H38N4O2S2. The van der Waals surface area contributed by atoms with Gasteiger partial charge in [0.15, 0.2) is 5.82 Å². The lowest BCUT2D eigenvalue weighted by atomic mass is 9.74. The molecule has 2 aromatic heterocycles. The number of anilines is 1. The molecule has 34 heavy (non-hydrogen) atoms. The number of likely N-dealkylation sites (tertiary alicyclic amines) is 1. The van der Waals surface area contributed by atoms with E-state index in [0.717, 1.165) is 36.3 Å². The van der Waals surface area contributed by atoms with E-state index in [1.54, 1.807) is 0 Å². The predicted molar refractivity (Wildman–Crippen MR) is 142 cm³/mol. The number of nitrogens with zero attached hydrogens (tertiary/aromatic N) is 4. The largest absolute Gasteiger partial charge is 0.445 e. The lowest BCUT2D eigenvalue weighted by Gasteiger charge is -2.42. The van der Waals surface area contributed by atoms with Crippen LogP contribution in [0.1, 0.15) is 67.8 Å². The third kappa shape index (κ3) is 5.26. The number of hydrogen-bond donors (Lipinski definition) is 0. The Kier molecular flexibility index (Phi) is 8.01. The van der Waals surface area contributed by atoms with E-state index in [9.17, 15) is 0 Å². The Balaban J connectivity index is 1.33. The fourth-order valence-electron chi connectivity index (χ4n) is 6.30. The maximum Gasteiger partial charge on any atom is 0.213 e. The second-order valence-electron chi connectivity index (χ2n) is 10.3.